The zero-order valence-corrected chi connectivity index (χ0v) is 48.6. The molecule has 0 spiro atoms. The molecule has 0 aliphatic carbocycles. The molecular weight excluding hydrogens is 1310 g/mol. The smallest absolute Gasteiger partial charge is 0.394 e. The summed E-state index contributed by atoms with van der Waals surface area (Å²) in [5, 5.41) is 0. The summed E-state index contributed by atoms with van der Waals surface area (Å²) in [4.78, 5) is 0. The maximum Gasteiger partial charge on any atom is 2.00 e. The van der Waals surface area contributed by atoms with Gasteiger partial charge in [0, 0.05) is 0 Å². The molecule has 2 aromatic rings. The van der Waals surface area contributed by atoms with E-state index in [0.717, 1.165) is 22.3 Å². The molecule has 0 bridgehead atoms. The van der Waals surface area contributed by atoms with Crippen molar-refractivity contribution in [3.63, 3.8) is 0 Å². The van der Waals surface area contributed by atoms with Crippen molar-refractivity contribution in [2.24, 2.45) is 21.7 Å². The Kier molecular flexibility index (Phi) is 68.7. The number of benzene rings is 2. The second-order valence-corrected chi connectivity index (χ2v) is 13.4. The minimum Gasteiger partial charge on any atom is -0.394 e. The van der Waals surface area contributed by atoms with Gasteiger partial charge in [0.1, 0.15) is 0 Å². The predicted molar refractivity (Wildman–Crippen MR) is 223 cm³/mol. The standard InChI is InChI=1S/2C12H14.2C8H12.4C2H6.4W/c1-10(12(2,3)4)11-8-6-5-7-9-11;1-12(2,3)10-9-11-7-5-4-6-8-11;1-6-7(2)8(3,4)5;1-5-6-7-8(2,3)4;4*1-2;;;;/h1,5-8H,2-4H3;4-7,9H,1-3H3;1-2,6H,3-5H3;1,5-6H,2-4H3;4*1-2H3;;;;/q4*-2;;;;;4*+2. The third kappa shape index (κ3) is 58.9. The molecule has 4 heteroatoms. The first-order valence-electron chi connectivity index (χ1n) is 17.6. The number of allylic oxidation sites excluding steroid dienone is 7. The van der Waals surface area contributed by atoms with Crippen molar-refractivity contribution in [3.05, 3.63) is 134 Å². The van der Waals surface area contributed by atoms with E-state index in [1.807, 2.05) is 131 Å². The zero-order chi connectivity index (χ0) is 39.6. The molecule has 0 heterocycles. The molecule has 0 saturated heterocycles. The Morgan fingerprint density at radius 3 is 1.15 bits per heavy atom. The summed E-state index contributed by atoms with van der Waals surface area (Å²) in [6.07, 6.45) is 13.0. The monoisotopic (exact) mass is 1390 g/mol. The second kappa shape index (κ2) is 46.8. The van der Waals surface area contributed by atoms with Crippen LogP contribution in [0.5, 0.6) is 0 Å². The molecule has 52 heavy (non-hydrogen) atoms. The summed E-state index contributed by atoms with van der Waals surface area (Å²) in [6, 6.07) is 21.9. The van der Waals surface area contributed by atoms with Crippen LogP contribution in [0.25, 0.3) is 11.6 Å². The van der Waals surface area contributed by atoms with Gasteiger partial charge in [-0.15, -0.1) is 28.4 Å². The van der Waals surface area contributed by atoms with Crippen molar-refractivity contribution in [1.82, 2.24) is 0 Å². The molecule has 0 aliphatic heterocycles. The minimum absolute atomic E-state index is 0. The van der Waals surface area contributed by atoms with Gasteiger partial charge < -0.3 is 79.5 Å². The normalized spacial score (nSPS) is 9.46. The van der Waals surface area contributed by atoms with Crippen LogP contribution in [-0.2, 0) is 84.3 Å². The van der Waals surface area contributed by atoms with Crippen LogP contribution in [-0.4, -0.2) is 0 Å². The maximum atomic E-state index is 5.96. The third-order valence-corrected chi connectivity index (χ3v) is 4.86. The van der Waals surface area contributed by atoms with Crippen LogP contribution < -0.4 is 0 Å². The molecule has 0 fully saturated rings. The summed E-state index contributed by atoms with van der Waals surface area (Å²) in [7, 11) is 0. The fourth-order valence-electron chi connectivity index (χ4n) is 2.30. The van der Waals surface area contributed by atoms with Gasteiger partial charge in [-0.05, 0) is 0 Å². The third-order valence-electron chi connectivity index (χ3n) is 4.86. The average Bonchev–Trinajstić information content (AvgIpc) is 3.06. The first kappa shape index (κ1) is 76.4. The minimum atomic E-state index is 0. The predicted octanol–water partition coefficient (Wildman–Crippen LogP) is 15.6. The van der Waals surface area contributed by atoms with Gasteiger partial charge in [-0.1, -0.05) is 144 Å². The number of rotatable bonds is 4. The van der Waals surface area contributed by atoms with E-state index < -0.39 is 0 Å². The van der Waals surface area contributed by atoms with E-state index in [1.54, 1.807) is 6.08 Å². The molecule has 0 unspecified atom stereocenters. The van der Waals surface area contributed by atoms with E-state index in [0.29, 0.717) is 0 Å². The van der Waals surface area contributed by atoms with Crippen molar-refractivity contribution < 1.29 is 84.3 Å². The van der Waals surface area contributed by atoms with Crippen molar-refractivity contribution in [1.29, 1.82) is 0 Å². The maximum absolute atomic E-state index is 5.96. The van der Waals surface area contributed by atoms with Crippen molar-refractivity contribution in [2.45, 2.75) is 138 Å². The molecule has 0 radical (unpaired) electrons. The molecule has 0 amide bonds. The molecule has 0 saturated carbocycles. The molecule has 2 aromatic carbocycles. The molecule has 292 valence electrons. The Labute approximate surface area is 386 Å². The van der Waals surface area contributed by atoms with E-state index in [2.05, 4.69) is 86.6 Å². The van der Waals surface area contributed by atoms with Gasteiger partial charge in [-0.3, -0.25) is 5.57 Å². The summed E-state index contributed by atoms with van der Waals surface area (Å²) >= 11 is 0. The number of hydrogen-bond donors (Lipinski definition) is 0. The topological polar surface area (TPSA) is 0 Å². The van der Waals surface area contributed by atoms with Gasteiger partial charge in [0.15, 0.2) is 0 Å². The van der Waals surface area contributed by atoms with Crippen LogP contribution in [0.3, 0.4) is 0 Å². The van der Waals surface area contributed by atoms with Crippen LogP contribution in [0.1, 0.15) is 150 Å². The summed E-state index contributed by atoms with van der Waals surface area (Å²) < 4.78 is 0. The molecule has 0 nitrogen and oxygen atoms in total. The largest absolute Gasteiger partial charge is 2.00 e. The van der Waals surface area contributed by atoms with Gasteiger partial charge in [-0.25, -0.2) is 24.3 Å². The molecule has 0 atom stereocenters. The second-order valence-electron chi connectivity index (χ2n) is 13.4. The average molecular weight is 1390 g/mol. The Balaban J connectivity index is -0.0000000524. The Morgan fingerprint density at radius 1 is 0.558 bits per heavy atom. The first-order chi connectivity index (χ1) is 22.1. The SMILES string of the molecule is CC.CC.CC.CC.CC(C)(C)[C-]=Cc1[c-]cccc1.[CH-]=C(c1[c-]cccc1)C(C)(C)C.[CH-]=CC(=[CH-])C(C)(C)C.[CH-]=CC=[C-]C(C)(C)C.[W+2].[W+2].[W+2].[W+2]. The van der Waals surface area contributed by atoms with E-state index in [9.17, 15) is 0 Å². The first-order valence-corrected chi connectivity index (χ1v) is 17.6. The molecule has 0 N–H and O–H groups in total. The summed E-state index contributed by atoms with van der Waals surface area (Å²) in [5.41, 5.74) is 4.03. The van der Waals surface area contributed by atoms with Crippen LogP contribution in [0.2, 0.25) is 0 Å². The van der Waals surface area contributed by atoms with Crippen molar-refractivity contribution >= 4 is 11.6 Å². The zero-order valence-electron chi connectivity index (χ0n) is 36.9. The van der Waals surface area contributed by atoms with Crippen LogP contribution in [0.15, 0.2) is 72.3 Å². The van der Waals surface area contributed by atoms with Crippen LogP contribution in [0, 0.1) is 72.3 Å². The van der Waals surface area contributed by atoms with Crippen molar-refractivity contribution in [3.8, 4) is 0 Å². The van der Waals surface area contributed by atoms with Gasteiger partial charge in [-0.2, -0.15) is 24.3 Å². The van der Waals surface area contributed by atoms with Crippen LogP contribution >= 0.6 is 0 Å². The van der Waals surface area contributed by atoms with E-state index in [4.69, 9.17) is 26.3 Å². The summed E-state index contributed by atoms with van der Waals surface area (Å²) in [5.74, 6) is 0. The molecule has 2 rings (SSSR count). The van der Waals surface area contributed by atoms with E-state index in [1.165, 1.54) is 12.2 Å². The Hall–Kier alpha value is -0.367. The Bertz CT molecular complexity index is 1070. The van der Waals surface area contributed by atoms with Gasteiger partial charge in [0.25, 0.3) is 0 Å². The molecule has 0 aliphatic rings. The fraction of sp³-hybridized carbons (Fsp3) is 0.500. The van der Waals surface area contributed by atoms with Crippen LogP contribution in [0.4, 0.5) is 0 Å². The van der Waals surface area contributed by atoms with Crippen molar-refractivity contribution in [2.75, 3.05) is 0 Å². The van der Waals surface area contributed by atoms with Gasteiger partial charge >= 0.3 is 84.3 Å². The van der Waals surface area contributed by atoms with Gasteiger partial charge in [0.05, 0.1) is 0 Å². The fourth-order valence-corrected chi connectivity index (χ4v) is 2.30. The summed E-state index contributed by atoms with van der Waals surface area (Å²) in [6.45, 7) is 62.7. The Morgan fingerprint density at radius 2 is 0.942 bits per heavy atom. The quantitative estimate of drug-likeness (QED) is 0.211. The number of hydrogen-bond acceptors (Lipinski definition) is 0. The molecule has 0 aromatic heterocycles. The van der Waals surface area contributed by atoms with E-state index in [-0.39, 0.29) is 106 Å². The molecular formula is C48H76W4. The van der Waals surface area contributed by atoms with E-state index >= 15 is 0 Å². The van der Waals surface area contributed by atoms with Gasteiger partial charge in [0.2, 0.25) is 0 Å².